The van der Waals surface area contributed by atoms with Gasteiger partial charge < -0.3 is 4.90 Å². The van der Waals surface area contributed by atoms with Gasteiger partial charge in [0.25, 0.3) is 0 Å². The molecule has 1 saturated heterocycles. The van der Waals surface area contributed by atoms with Crippen LogP contribution in [-0.4, -0.2) is 28.0 Å². The van der Waals surface area contributed by atoms with Crippen molar-refractivity contribution in [2.45, 2.75) is 19.3 Å². The van der Waals surface area contributed by atoms with Crippen molar-refractivity contribution in [3.63, 3.8) is 0 Å². The number of hydrogen-bond acceptors (Lipinski definition) is 5. The van der Waals surface area contributed by atoms with Crippen molar-refractivity contribution in [2.75, 3.05) is 22.9 Å². The fourth-order valence-corrected chi connectivity index (χ4v) is 3.17. The summed E-state index contributed by atoms with van der Waals surface area (Å²) in [4.78, 5) is 18.0. The molecule has 5 heteroatoms. The summed E-state index contributed by atoms with van der Waals surface area (Å²) < 4.78 is 0. The average molecular weight is 331 g/mol. The number of rotatable bonds is 4. The standard InChI is InChI=1S/C20H21N5/c1-4-10-17(11-5-1)25(18-12-6-2-7-13-18)20-22-16-21-19(23-20)24-14-8-3-9-15-24/h1-2,4-7,10-13,16H,3,8-9,14-15H2. The van der Waals surface area contributed by atoms with E-state index in [0.29, 0.717) is 5.95 Å². The summed E-state index contributed by atoms with van der Waals surface area (Å²) in [6.07, 6.45) is 5.30. The molecular formula is C20H21N5. The Morgan fingerprint density at radius 3 is 1.92 bits per heavy atom. The second-order valence-corrected chi connectivity index (χ2v) is 6.14. The van der Waals surface area contributed by atoms with Gasteiger partial charge in [-0.15, -0.1) is 0 Å². The molecule has 126 valence electrons. The highest BCUT2D eigenvalue weighted by molar-refractivity contribution is 5.72. The molecule has 0 aliphatic carbocycles. The molecule has 2 heterocycles. The zero-order chi connectivity index (χ0) is 16.9. The van der Waals surface area contributed by atoms with E-state index >= 15 is 0 Å². The number of para-hydroxylation sites is 2. The summed E-state index contributed by atoms with van der Waals surface area (Å²) in [5.41, 5.74) is 2.06. The van der Waals surface area contributed by atoms with E-state index in [-0.39, 0.29) is 0 Å². The Hall–Kier alpha value is -2.95. The Morgan fingerprint density at radius 1 is 0.720 bits per heavy atom. The summed E-state index contributed by atoms with van der Waals surface area (Å²) in [7, 11) is 0. The van der Waals surface area contributed by atoms with Gasteiger partial charge in [0, 0.05) is 24.5 Å². The maximum absolute atomic E-state index is 4.78. The van der Waals surface area contributed by atoms with E-state index in [1.54, 1.807) is 6.33 Å². The van der Waals surface area contributed by atoms with Crippen LogP contribution in [0.25, 0.3) is 0 Å². The van der Waals surface area contributed by atoms with Crippen LogP contribution in [0.4, 0.5) is 23.3 Å². The Bertz CT molecular complexity index is 761. The third-order valence-corrected chi connectivity index (χ3v) is 4.41. The molecule has 4 rings (SSSR count). The minimum Gasteiger partial charge on any atom is -0.341 e. The van der Waals surface area contributed by atoms with Gasteiger partial charge in [0.2, 0.25) is 11.9 Å². The molecule has 1 aliphatic rings. The Labute approximate surface area is 148 Å². The molecule has 1 aliphatic heterocycles. The topological polar surface area (TPSA) is 45.2 Å². The molecule has 3 aromatic rings. The molecule has 0 saturated carbocycles. The lowest BCUT2D eigenvalue weighted by Crippen LogP contribution is -2.31. The highest BCUT2D eigenvalue weighted by Crippen LogP contribution is 2.32. The lowest BCUT2D eigenvalue weighted by Gasteiger charge is -2.28. The highest BCUT2D eigenvalue weighted by Gasteiger charge is 2.18. The smallest absolute Gasteiger partial charge is 0.239 e. The van der Waals surface area contributed by atoms with Crippen molar-refractivity contribution in [1.82, 2.24) is 15.0 Å². The molecule has 25 heavy (non-hydrogen) atoms. The fourth-order valence-electron chi connectivity index (χ4n) is 3.17. The number of nitrogens with zero attached hydrogens (tertiary/aromatic N) is 5. The van der Waals surface area contributed by atoms with E-state index in [1.807, 2.05) is 36.4 Å². The molecule has 0 spiro atoms. The fraction of sp³-hybridized carbons (Fsp3) is 0.250. The molecule has 0 amide bonds. The van der Waals surface area contributed by atoms with Gasteiger partial charge in [-0.2, -0.15) is 4.98 Å². The first-order valence-electron chi connectivity index (χ1n) is 8.76. The van der Waals surface area contributed by atoms with Crippen molar-refractivity contribution in [3.05, 3.63) is 67.0 Å². The maximum Gasteiger partial charge on any atom is 0.239 e. The molecule has 0 unspecified atom stereocenters. The SMILES string of the molecule is c1ccc(N(c2ccccc2)c2ncnc(N3CCCCC3)n2)cc1. The van der Waals surface area contributed by atoms with Crippen molar-refractivity contribution >= 4 is 23.3 Å². The van der Waals surface area contributed by atoms with Gasteiger partial charge >= 0.3 is 0 Å². The van der Waals surface area contributed by atoms with Gasteiger partial charge in [0.15, 0.2) is 0 Å². The molecule has 2 aromatic carbocycles. The molecule has 1 aromatic heterocycles. The summed E-state index contributed by atoms with van der Waals surface area (Å²) in [5.74, 6) is 1.41. The molecular weight excluding hydrogens is 310 g/mol. The predicted octanol–water partition coefficient (Wildman–Crippen LogP) is 4.33. The number of piperidine rings is 1. The Morgan fingerprint density at radius 2 is 1.32 bits per heavy atom. The molecule has 5 nitrogen and oxygen atoms in total. The quantitative estimate of drug-likeness (QED) is 0.712. The molecule has 0 atom stereocenters. The van der Waals surface area contributed by atoms with Crippen molar-refractivity contribution < 1.29 is 0 Å². The molecule has 0 N–H and O–H groups in total. The van der Waals surface area contributed by atoms with E-state index in [4.69, 9.17) is 4.98 Å². The first kappa shape index (κ1) is 15.6. The van der Waals surface area contributed by atoms with Gasteiger partial charge in [0.1, 0.15) is 6.33 Å². The zero-order valence-corrected chi connectivity index (χ0v) is 14.1. The normalized spacial score (nSPS) is 14.3. The van der Waals surface area contributed by atoms with Gasteiger partial charge in [0.05, 0.1) is 0 Å². The number of aromatic nitrogens is 3. The van der Waals surface area contributed by atoms with Crippen LogP contribution in [0.2, 0.25) is 0 Å². The molecule has 0 bridgehead atoms. The first-order chi connectivity index (χ1) is 12.4. The van der Waals surface area contributed by atoms with Crippen LogP contribution < -0.4 is 9.80 Å². The minimum atomic E-state index is 0.646. The molecule has 0 radical (unpaired) electrons. The Kier molecular flexibility index (Phi) is 4.55. The predicted molar refractivity (Wildman–Crippen MR) is 101 cm³/mol. The number of anilines is 4. The minimum absolute atomic E-state index is 0.646. The molecule has 1 fully saturated rings. The van der Waals surface area contributed by atoms with Gasteiger partial charge in [-0.05, 0) is 43.5 Å². The first-order valence-corrected chi connectivity index (χ1v) is 8.76. The Balaban J connectivity index is 1.75. The summed E-state index contributed by atoms with van der Waals surface area (Å²) in [6.45, 7) is 2.03. The summed E-state index contributed by atoms with van der Waals surface area (Å²) >= 11 is 0. The van der Waals surface area contributed by atoms with Crippen LogP contribution in [0.15, 0.2) is 67.0 Å². The van der Waals surface area contributed by atoms with E-state index in [1.165, 1.54) is 19.3 Å². The van der Waals surface area contributed by atoms with Crippen LogP contribution >= 0.6 is 0 Å². The van der Waals surface area contributed by atoms with Crippen LogP contribution in [0.3, 0.4) is 0 Å². The monoisotopic (exact) mass is 331 g/mol. The highest BCUT2D eigenvalue weighted by atomic mass is 15.3. The van der Waals surface area contributed by atoms with Crippen LogP contribution in [0.5, 0.6) is 0 Å². The summed E-state index contributed by atoms with van der Waals surface area (Å²) in [6, 6.07) is 20.4. The second-order valence-electron chi connectivity index (χ2n) is 6.14. The van der Waals surface area contributed by atoms with E-state index in [0.717, 1.165) is 30.4 Å². The van der Waals surface area contributed by atoms with E-state index in [2.05, 4.69) is 44.0 Å². The van der Waals surface area contributed by atoms with Crippen molar-refractivity contribution in [3.8, 4) is 0 Å². The van der Waals surface area contributed by atoms with Crippen LogP contribution in [0, 0.1) is 0 Å². The van der Waals surface area contributed by atoms with Crippen molar-refractivity contribution in [2.24, 2.45) is 0 Å². The van der Waals surface area contributed by atoms with E-state index in [9.17, 15) is 0 Å². The number of hydrogen-bond donors (Lipinski definition) is 0. The van der Waals surface area contributed by atoms with Crippen LogP contribution in [0.1, 0.15) is 19.3 Å². The van der Waals surface area contributed by atoms with Crippen LogP contribution in [-0.2, 0) is 0 Å². The summed E-state index contributed by atoms with van der Waals surface area (Å²) in [5, 5.41) is 0. The largest absolute Gasteiger partial charge is 0.341 e. The lowest BCUT2D eigenvalue weighted by molar-refractivity contribution is 0.567. The zero-order valence-electron chi connectivity index (χ0n) is 14.1. The van der Waals surface area contributed by atoms with Gasteiger partial charge in [-0.1, -0.05) is 36.4 Å². The maximum atomic E-state index is 4.78. The second kappa shape index (κ2) is 7.30. The van der Waals surface area contributed by atoms with E-state index < -0.39 is 0 Å². The van der Waals surface area contributed by atoms with Gasteiger partial charge in [-0.25, -0.2) is 9.97 Å². The van der Waals surface area contributed by atoms with Crippen molar-refractivity contribution in [1.29, 1.82) is 0 Å². The van der Waals surface area contributed by atoms with Gasteiger partial charge in [-0.3, -0.25) is 4.90 Å². The third-order valence-electron chi connectivity index (χ3n) is 4.41. The third kappa shape index (κ3) is 3.45. The average Bonchev–Trinajstić information content (AvgIpc) is 2.71. The lowest BCUT2D eigenvalue weighted by atomic mass is 10.1. The number of benzene rings is 2.